The molecule has 0 aromatic heterocycles. The van der Waals surface area contributed by atoms with Gasteiger partial charge in [0, 0.05) is 23.2 Å². The summed E-state index contributed by atoms with van der Waals surface area (Å²) in [5.74, 6) is 1.89. The summed E-state index contributed by atoms with van der Waals surface area (Å²) in [4.78, 5) is 0. The van der Waals surface area contributed by atoms with Crippen LogP contribution in [0.3, 0.4) is 0 Å². The molecule has 0 amide bonds. The monoisotopic (exact) mass is 377 g/mol. The fourth-order valence-corrected chi connectivity index (χ4v) is 4.55. The van der Waals surface area contributed by atoms with Gasteiger partial charge in [0.05, 0.1) is 19.6 Å². The van der Waals surface area contributed by atoms with E-state index in [-0.39, 0.29) is 6.04 Å². The van der Waals surface area contributed by atoms with Gasteiger partial charge in [0.15, 0.2) is 0 Å². The lowest BCUT2D eigenvalue weighted by molar-refractivity contribution is 0.405. The molecular formula is C24H27NO3. The van der Waals surface area contributed by atoms with Gasteiger partial charge < -0.3 is 19.9 Å². The molecular weight excluding hydrogens is 350 g/mol. The first-order chi connectivity index (χ1) is 13.4. The van der Waals surface area contributed by atoms with Gasteiger partial charge in [-0.2, -0.15) is 0 Å². The van der Waals surface area contributed by atoms with Crippen LogP contribution in [-0.2, 0) is 6.42 Å². The Hall–Kier alpha value is -2.72. The zero-order chi connectivity index (χ0) is 20.0. The first kappa shape index (κ1) is 18.6. The number of ether oxygens (including phenoxy) is 2. The van der Waals surface area contributed by atoms with Crippen LogP contribution in [0.5, 0.6) is 17.2 Å². The molecule has 3 aromatic carbocycles. The molecule has 146 valence electrons. The van der Waals surface area contributed by atoms with Crippen LogP contribution in [0.2, 0.25) is 0 Å². The Balaban J connectivity index is 2.01. The highest BCUT2D eigenvalue weighted by Crippen LogP contribution is 2.45. The van der Waals surface area contributed by atoms with Crippen LogP contribution in [0.15, 0.2) is 36.4 Å². The van der Waals surface area contributed by atoms with Crippen LogP contribution in [-0.4, -0.2) is 25.4 Å². The summed E-state index contributed by atoms with van der Waals surface area (Å²) in [6.45, 7) is 6.33. The second-order valence-corrected chi connectivity index (χ2v) is 7.73. The molecule has 1 heterocycles. The molecule has 0 radical (unpaired) electrons. The summed E-state index contributed by atoms with van der Waals surface area (Å²) in [7, 11) is 3.34. The minimum atomic E-state index is 0.111. The molecule has 1 aliphatic heterocycles. The number of methoxy groups -OCH3 is 2. The van der Waals surface area contributed by atoms with E-state index in [0.717, 1.165) is 50.9 Å². The minimum absolute atomic E-state index is 0.111. The van der Waals surface area contributed by atoms with Gasteiger partial charge in [-0.05, 0) is 67.5 Å². The quantitative estimate of drug-likeness (QED) is 0.664. The SMILES string of the molecule is COc1ccc(-c2ccc3c(c2O)[C@@H](C)N[C@H](C)C3)c2cc(C)cc(OC)c12. The second-order valence-electron chi connectivity index (χ2n) is 7.73. The molecule has 2 N–H and O–H groups in total. The van der Waals surface area contributed by atoms with Gasteiger partial charge in [0.25, 0.3) is 0 Å². The van der Waals surface area contributed by atoms with E-state index in [9.17, 15) is 5.11 Å². The summed E-state index contributed by atoms with van der Waals surface area (Å²) < 4.78 is 11.2. The van der Waals surface area contributed by atoms with E-state index < -0.39 is 0 Å². The van der Waals surface area contributed by atoms with Crippen molar-refractivity contribution in [1.82, 2.24) is 5.32 Å². The van der Waals surface area contributed by atoms with Crippen LogP contribution < -0.4 is 14.8 Å². The van der Waals surface area contributed by atoms with Gasteiger partial charge >= 0.3 is 0 Å². The topological polar surface area (TPSA) is 50.7 Å². The molecule has 4 heteroatoms. The van der Waals surface area contributed by atoms with E-state index in [1.54, 1.807) is 14.2 Å². The zero-order valence-electron chi connectivity index (χ0n) is 17.1. The van der Waals surface area contributed by atoms with Gasteiger partial charge in [0.2, 0.25) is 0 Å². The number of aromatic hydroxyl groups is 1. The van der Waals surface area contributed by atoms with E-state index in [0.29, 0.717) is 11.8 Å². The molecule has 0 unspecified atom stereocenters. The smallest absolute Gasteiger partial charge is 0.130 e. The molecule has 28 heavy (non-hydrogen) atoms. The Morgan fingerprint density at radius 3 is 2.39 bits per heavy atom. The standard InChI is InChI=1S/C24H27NO3/c1-13-10-19-17(8-9-20(27-4)23(19)21(11-13)28-5)18-7-6-16-12-14(2)25-15(3)22(16)24(18)26/h6-11,14-15,25-26H,12H2,1-5H3/t14-,15-/m1/s1. The maximum atomic E-state index is 11.2. The zero-order valence-corrected chi connectivity index (χ0v) is 17.1. The van der Waals surface area contributed by atoms with Gasteiger partial charge in [-0.25, -0.2) is 0 Å². The largest absolute Gasteiger partial charge is 0.507 e. The van der Waals surface area contributed by atoms with Crippen LogP contribution >= 0.6 is 0 Å². The van der Waals surface area contributed by atoms with Crippen LogP contribution in [0, 0.1) is 6.92 Å². The number of benzene rings is 3. The van der Waals surface area contributed by atoms with Crippen molar-refractivity contribution < 1.29 is 14.6 Å². The van der Waals surface area contributed by atoms with Crippen LogP contribution in [0.25, 0.3) is 21.9 Å². The number of nitrogens with one attached hydrogen (secondary N) is 1. The number of hydrogen-bond donors (Lipinski definition) is 2. The lowest BCUT2D eigenvalue weighted by atomic mass is 9.86. The van der Waals surface area contributed by atoms with E-state index in [1.807, 2.05) is 31.2 Å². The number of aryl methyl sites for hydroxylation is 1. The normalized spacial score (nSPS) is 18.8. The number of phenols is 1. The lowest BCUT2D eigenvalue weighted by Crippen LogP contribution is -2.36. The highest BCUT2D eigenvalue weighted by Gasteiger charge is 2.26. The summed E-state index contributed by atoms with van der Waals surface area (Å²) in [5.41, 5.74) is 5.12. The van der Waals surface area contributed by atoms with Crippen molar-refractivity contribution in [2.45, 2.75) is 39.3 Å². The molecule has 3 aromatic rings. The minimum Gasteiger partial charge on any atom is -0.507 e. The molecule has 0 saturated carbocycles. The maximum absolute atomic E-state index is 11.2. The molecule has 2 atom stereocenters. The van der Waals surface area contributed by atoms with Crippen molar-refractivity contribution in [1.29, 1.82) is 0 Å². The first-order valence-corrected chi connectivity index (χ1v) is 9.71. The number of phenolic OH excluding ortho intramolecular Hbond substituents is 1. The second kappa shape index (κ2) is 7.02. The van der Waals surface area contributed by atoms with Gasteiger partial charge in [-0.1, -0.05) is 18.2 Å². The summed E-state index contributed by atoms with van der Waals surface area (Å²) >= 11 is 0. The van der Waals surface area contributed by atoms with E-state index in [1.165, 1.54) is 5.56 Å². The number of fused-ring (bicyclic) bond motifs is 2. The highest BCUT2D eigenvalue weighted by atomic mass is 16.5. The van der Waals surface area contributed by atoms with Crippen LogP contribution in [0.1, 0.15) is 36.6 Å². The van der Waals surface area contributed by atoms with E-state index in [2.05, 4.69) is 31.3 Å². The third kappa shape index (κ3) is 2.89. The Morgan fingerprint density at radius 2 is 1.68 bits per heavy atom. The molecule has 1 aliphatic rings. The number of rotatable bonds is 3. The molecule has 4 rings (SSSR count). The third-order valence-corrected chi connectivity index (χ3v) is 5.72. The number of hydrogen-bond acceptors (Lipinski definition) is 4. The average Bonchev–Trinajstić information content (AvgIpc) is 2.66. The maximum Gasteiger partial charge on any atom is 0.130 e. The van der Waals surface area contributed by atoms with Crippen molar-refractivity contribution >= 4 is 10.8 Å². The van der Waals surface area contributed by atoms with Crippen molar-refractivity contribution in [3.8, 4) is 28.4 Å². The molecule has 0 bridgehead atoms. The van der Waals surface area contributed by atoms with E-state index in [4.69, 9.17) is 9.47 Å². The fraction of sp³-hybridized carbons (Fsp3) is 0.333. The molecule has 0 saturated heterocycles. The predicted octanol–water partition coefficient (Wildman–Crippen LogP) is 5.13. The Morgan fingerprint density at radius 1 is 0.964 bits per heavy atom. The fourth-order valence-electron chi connectivity index (χ4n) is 4.55. The van der Waals surface area contributed by atoms with Crippen molar-refractivity contribution in [2.24, 2.45) is 0 Å². The predicted molar refractivity (Wildman–Crippen MR) is 114 cm³/mol. The van der Waals surface area contributed by atoms with Crippen molar-refractivity contribution in [3.05, 3.63) is 53.1 Å². The Bertz CT molecular complexity index is 1060. The molecule has 4 nitrogen and oxygen atoms in total. The Labute approximate surface area is 166 Å². The third-order valence-electron chi connectivity index (χ3n) is 5.72. The van der Waals surface area contributed by atoms with Gasteiger partial charge in [-0.15, -0.1) is 0 Å². The molecule has 0 spiro atoms. The van der Waals surface area contributed by atoms with Crippen LogP contribution in [0.4, 0.5) is 0 Å². The molecule has 0 fully saturated rings. The van der Waals surface area contributed by atoms with E-state index >= 15 is 0 Å². The first-order valence-electron chi connectivity index (χ1n) is 9.71. The van der Waals surface area contributed by atoms with Crippen molar-refractivity contribution in [2.75, 3.05) is 14.2 Å². The van der Waals surface area contributed by atoms with Gasteiger partial charge in [-0.3, -0.25) is 0 Å². The highest BCUT2D eigenvalue weighted by molar-refractivity contribution is 6.04. The lowest BCUT2D eigenvalue weighted by Gasteiger charge is -2.30. The van der Waals surface area contributed by atoms with Gasteiger partial charge in [0.1, 0.15) is 17.2 Å². The average molecular weight is 377 g/mol. The summed E-state index contributed by atoms with van der Waals surface area (Å²) in [5, 5.41) is 16.7. The van der Waals surface area contributed by atoms with Crippen molar-refractivity contribution in [3.63, 3.8) is 0 Å². The summed E-state index contributed by atoms with van der Waals surface area (Å²) in [6, 6.07) is 12.8. The molecule has 0 aliphatic carbocycles. The summed E-state index contributed by atoms with van der Waals surface area (Å²) in [6.07, 6.45) is 0.920. The Kier molecular flexibility index (Phi) is 4.68.